The molecule has 1 aromatic rings. The second kappa shape index (κ2) is 7.36. The van der Waals surface area contributed by atoms with Gasteiger partial charge >= 0.3 is 11.9 Å². The Morgan fingerprint density at radius 2 is 1.96 bits per heavy atom. The van der Waals surface area contributed by atoms with E-state index < -0.39 is 28.3 Å². The minimum absolute atomic E-state index is 0.0721. The van der Waals surface area contributed by atoms with Crippen LogP contribution in [0.3, 0.4) is 0 Å². The van der Waals surface area contributed by atoms with Crippen LogP contribution >= 0.6 is 11.6 Å². The van der Waals surface area contributed by atoms with Gasteiger partial charge in [-0.15, -0.1) is 0 Å². The molecule has 134 valence electrons. The third kappa shape index (κ3) is 3.49. The lowest BCUT2D eigenvalue weighted by Crippen LogP contribution is -2.38. The first kappa shape index (κ1) is 18.5. The van der Waals surface area contributed by atoms with Gasteiger partial charge in [-0.25, -0.2) is 9.59 Å². The van der Waals surface area contributed by atoms with Crippen molar-refractivity contribution in [2.45, 2.75) is 0 Å². The molecule has 0 fully saturated rings. The number of benzene rings is 1. The number of ether oxygens (including phenoxy) is 3. The van der Waals surface area contributed by atoms with Crippen LogP contribution in [0.15, 0.2) is 23.4 Å². The molecule has 2 rings (SSSR count). The van der Waals surface area contributed by atoms with E-state index in [0.29, 0.717) is 0 Å². The lowest BCUT2D eigenvalue weighted by atomic mass is 10.1. The van der Waals surface area contributed by atoms with E-state index in [1.165, 1.54) is 0 Å². The number of phenols is 1. The molecule has 1 aliphatic heterocycles. The number of hydrogen-bond donors (Lipinski definition) is 1. The number of carbonyl (C=O) groups excluding carboxylic acids is 2. The molecule has 0 atom stereocenters. The minimum Gasteiger partial charge on any atom is -0.505 e. The molecule has 10 nitrogen and oxygen atoms in total. The van der Waals surface area contributed by atoms with Gasteiger partial charge in [-0.05, 0) is 6.07 Å². The monoisotopic (exact) mass is 372 g/mol. The largest absolute Gasteiger partial charge is 0.505 e. The number of nitro groups is 1. The average molecular weight is 373 g/mol. The van der Waals surface area contributed by atoms with E-state index in [0.717, 1.165) is 31.3 Å². The normalized spacial score (nSPS) is 14.3. The Hall–Kier alpha value is -2.85. The molecule has 0 aromatic heterocycles. The molecule has 11 heteroatoms. The van der Waals surface area contributed by atoms with Crippen molar-refractivity contribution in [1.29, 1.82) is 0 Å². The zero-order valence-electron chi connectivity index (χ0n) is 13.1. The van der Waals surface area contributed by atoms with Crippen molar-refractivity contribution in [1.82, 2.24) is 0 Å². The Kier molecular flexibility index (Phi) is 5.45. The molecule has 0 radical (unpaired) electrons. The fourth-order valence-electron chi connectivity index (χ4n) is 2.23. The summed E-state index contributed by atoms with van der Waals surface area (Å²) in [6.07, 6.45) is 0. The summed E-state index contributed by atoms with van der Waals surface area (Å²) in [6.45, 7) is -0.443. The first-order valence-corrected chi connectivity index (χ1v) is 7.11. The van der Waals surface area contributed by atoms with E-state index in [9.17, 15) is 24.8 Å². The molecule has 0 saturated carbocycles. The van der Waals surface area contributed by atoms with Gasteiger partial charge in [-0.3, -0.25) is 10.1 Å². The number of carbonyl (C=O) groups is 2. The third-order valence-corrected chi connectivity index (χ3v) is 3.67. The summed E-state index contributed by atoms with van der Waals surface area (Å²) in [7, 11) is 2.24. The Balaban J connectivity index is 2.64. The third-order valence-electron chi connectivity index (χ3n) is 3.36. The molecule has 0 aliphatic carbocycles. The molecular weight excluding hydrogens is 360 g/mol. The van der Waals surface area contributed by atoms with Crippen LogP contribution in [0.25, 0.3) is 0 Å². The van der Waals surface area contributed by atoms with Gasteiger partial charge in [0.1, 0.15) is 23.2 Å². The van der Waals surface area contributed by atoms with Gasteiger partial charge < -0.3 is 24.2 Å². The Labute approximate surface area is 146 Å². The number of halogens is 1. The molecule has 1 N–H and O–H groups in total. The molecule has 0 spiro atoms. The Bertz CT molecular complexity index is 776. The van der Waals surface area contributed by atoms with Crippen molar-refractivity contribution in [2.24, 2.45) is 0 Å². The fraction of sp³-hybridized carbons (Fsp3) is 0.286. The quantitative estimate of drug-likeness (QED) is 0.473. The topological polar surface area (TPSA) is 128 Å². The first-order chi connectivity index (χ1) is 11.8. The van der Waals surface area contributed by atoms with Crippen molar-refractivity contribution in [2.75, 3.05) is 32.5 Å². The number of rotatable bonds is 4. The molecule has 0 bridgehead atoms. The number of phenolic OH excluding ortho intramolecular Hbond substituents is 1. The molecule has 1 aliphatic rings. The Morgan fingerprint density at radius 3 is 2.52 bits per heavy atom. The van der Waals surface area contributed by atoms with E-state index in [1.54, 1.807) is 0 Å². The summed E-state index contributed by atoms with van der Waals surface area (Å²) in [5, 5.41) is 20.7. The second-order valence-electron chi connectivity index (χ2n) is 4.77. The molecule has 1 heterocycles. The highest BCUT2D eigenvalue weighted by Gasteiger charge is 2.34. The highest BCUT2D eigenvalue weighted by Crippen LogP contribution is 2.39. The van der Waals surface area contributed by atoms with E-state index >= 15 is 0 Å². The maximum absolute atomic E-state index is 12.1. The van der Waals surface area contributed by atoms with E-state index in [4.69, 9.17) is 16.3 Å². The minimum atomic E-state index is -0.877. The lowest BCUT2D eigenvalue weighted by molar-refractivity contribution is -0.384. The van der Waals surface area contributed by atoms with Crippen molar-refractivity contribution in [3.8, 4) is 5.75 Å². The highest BCUT2D eigenvalue weighted by molar-refractivity contribution is 6.33. The number of anilines is 1. The standard InChI is InChI=1S/C14H13ClN2O8/c1-23-13(19)7-5-25-6-16(12(7)14(20)24-2)10-3-8(15)9(17(21)22)4-11(10)18/h3-4,18H,5-6H2,1-2H3. The number of nitrogens with zero attached hydrogens (tertiary/aromatic N) is 2. The van der Waals surface area contributed by atoms with E-state index in [1.807, 2.05) is 0 Å². The summed E-state index contributed by atoms with van der Waals surface area (Å²) in [4.78, 5) is 35.3. The number of methoxy groups -OCH3 is 2. The van der Waals surface area contributed by atoms with E-state index in [2.05, 4.69) is 9.47 Å². The number of esters is 2. The zero-order valence-corrected chi connectivity index (χ0v) is 13.9. The number of hydrogen-bond acceptors (Lipinski definition) is 9. The van der Waals surface area contributed by atoms with Gasteiger partial charge in [0, 0.05) is 0 Å². The van der Waals surface area contributed by atoms with Crippen molar-refractivity contribution < 1.29 is 33.8 Å². The van der Waals surface area contributed by atoms with Gasteiger partial charge in [0.15, 0.2) is 0 Å². The average Bonchev–Trinajstić information content (AvgIpc) is 2.61. The molecule has 25 heavy (non-hydrogen) atoms. The zero-order chi connectivity index (χ0) is 18.7. The summed E-state index contributed by atoms with van der Waals surface area (Å²) in [5.74, 6) is -2.23. The molecule has 0 amide bonds. The lowest BCUT2D eigenvalue weighted by Gasteiger charge is -2.31. The second-order valence-corrected chi connectivity index (χ2v) is 5.17. The van der Waals surface area contributed by atoms with Crippen LogP contribution in [0.1, 0.15) is 0 Å². The Morgan fingerprint density at radius 1 is 1.32 bits per heavy atom. The summed E-state index contributed by atoms with van der Waals surface area (Å²) >= 11 is 5.86. The van der Waals surface area contributed by atoms with Crippen LogP contribution in [0.5, 0.6) is 5.75 Å². The molecular formula is C14H13ClN2O8. The maximum Gasteiger partial charge on any atom is 0.355 e. The van der Waals surface area contributed by atoms with Crippen molar-refractivity contribution in [3.05, 3.63) is 38.5 Å². The van der Waals surface area contributed by atoms with Gasteiger partial charge in [-0.2, -0.15) is 0 Å². The SMILES string of the molecule is COC(=O)C1=C(C(=O)OC)N(c2cc(Cl)c([N+](=O)[O-])cc2O)COC1. The van der Waals surface area contributed by atoms with Crippen LogP contribution in [0, 0.1) is 10.1 Å². The molecule has 1 aromatic carbocycles. The van der Waals surface area contributed by atoms with Crippen LogP contribution in [-0.2, 0) is 23.8 Å². The van der Waals surface area contributed by atoms with Gasteiger partial charge in [0.05, 0.1) is 43.1 Å². The predicted octanol–water partition coefficient (Wildman–Crippen LogP) is 1.35. The van der Waals surface area contributed by atoms with Crippen LogP contribution in [0.4, 0.5) is 11.4 Å². The van der Waals surface area contributed by atoms with Crippen molar-refractivity contribution in [3.63, 3.8) is 0 Å². The fourth-order valence-corrected chi connectivity index (χ4v) is 2.46. The van der Waals surface area contributed by atoms with Gasteiger partial charge in [0.25, 0.3) is 5.69 Å². The molecule has 0 unspecified atom stereocenters. The van der Waals surface area contributed by atoms with Crippen LogP contribution in [-0.4, -0.2) is 49.5 Å². The number of nitro benzene ring substituents is 1. The van der Waals surface area contributed by atoms with Crippen LogP contribution < -0.4 is 4.90 Å². The van der Waals surface area contributed by atoms with E-state index in [-0.39, 0.29) is 35.3 Å². The van der Waals surface area contributed by atoms with Gasteiger partial charge in [-0.1, -0.05) is 11.6 Å². The molecule has 0 saturated heterocycles. The summed E-state index contributed by atoms with van der Waals surface area (Å²) < 4.78 is 14.5. The van der Waals surface area contributed by atoms with Gasteiger partial charge in [0.2, 0.25) is 0 Å². The first-order valence-electron chi connectivity index (χ1n) is 6.73. The summed E-state index contributed by atoms with van der Waals surface area (Å²) in [5.41, 5.74) is -0.940. The highest BCUT2D eigenvalue weighted by atomic mass is 35.5. The number of aromatic hydroxyl groups is 1. The smallest absolute Gasteiger partial charge is 0.355 e. The summed E-state index contributed by atoms with van der Waals surface area (Å²) in [6, 6.07) is 1.92. The van der Waals surface area contributed by atoms with Crippen LogP contribution in [0.2, 0.25) is 5.02 Å². The maximum atomic E-state index is 12.1. The van der Waals surface area contributed by atoms with Crippen molar-refractivity contribution >= 4 is 34.9 Å². The predicted molar refractivity (Wildman–Crippen MR) is 84.1 cm³/mol.